The molecule has 0 spiro atoms. The largest absolute Gasteiger partial charge is 0.454 e. The molecule has 0 fully saturated rings. The van der Waals surface area contributed by atoms with E-state index in [1.54, 1.807) is 0 Å². The molecule has 0 saturated carbocycles. The molecule has 1 aromatic heterocycles. The van der Waals surface area contributed by atoms with Crippen molar-refractivity contribution in [2.24, 2.45) is 0 Å². The van der Waals surface area contributed by atoms with Gasteiger partial charge in [-0.25, -0.2) is 0 Å². The topological polar surface area (TPSA) is 16.4 Å². The molecule has 4 aromatic carbocycles. The molecule has 0 aliphatic heterocycles. The number of furan rings is 1. The summed E-state index contributed by atoms with van der Waals surface area (Å²) in [5, 5.41) is 2.68. The molecule has 0 radical (unpaired) electrons. The lowest BCUT2D eigenvalue weighted by Gasteiger charge is -2.25. The summed E-state index contributed by atoms with van der Waals surface area (Å²) in [4.78, 5) is 2.21. The van der Waals surface area contributed by atoms with Gasteiger partial charge >= 0.3 is 0 Å². The van der Waals surface area contributed by atoms with Gasteiger partial charge < -0.3 is 9.32 Å². The van der Waals surface area contributed by atoms with Crippen LogP contribution >= 0.6 is 11.6 Å². The van der Waals surface area contributed by atoms with E-state index in [-0.39, 0.29) is 0 Å². The molecule has 0 aliphatic carbocycles. The third-order valence-electron chi connectivity index (χ3n) is 4.72. The maximum atomic E-state index is 6.47. The average Bonchev–Trinajstić information content (AvgIpc) is 3.11. The first-order valence-corrected chi connectivity index (χ1v) is 9.21. The highest BCUT2D eigenvalue weighted by Crippen LogP contribution is 2.43. The van der Waals surface area contributed by atoms with E-state index in [9.17, 15) is 0 Å². The molecule has 0 N–H and O–H groups in total. The van der Waals surface area contributed by atoms with Crippen molar-refractivity contribution in [3.63, 3.8) is 0 Å². The SMILES string of the molecule is Clc1cccc2oc3c(N(c4ccccc4)c4ccccc4)cccc3c12. The first kappa shape index (κ1) is 16.0. The van der Waals surface area contributed by atoms with E-state index in [1.165, 1.54) is 0 Å². The van der Waals surface area contributed by atoms with Crippen molar-refractivity contribution in [1.82, 2.24) is 0 Å². The second-order valence-corrected chi connectivity index (χ2v) is 6.78. The highest BCUT2D eigenvalue weighted by molar-refractivity contribution is 6.37. The quantitative estimate of drug-likeness (QED) is 0.324. The van der Waals surface area contributed by atoms with Crippen molar-refractivity contribution < 1.29 is 4.42 Å². The van der Waals surface area contributed by atoms with Crippen molar-refractivity contribution in [3.8, 4) is 0 Å². The molecule has 0 saturated heterocycles. The van der Waals surface area contributed by atoms with Gasteiger partial charge in [0.1, 0.15) is 5.58 Å². The lowest BCUT2D eigenvalue weighted by molar-refractivity contribution is 0.669. The van der Waals surface area contributed by atoms with E-state index in [4.69, 9.17) is 16.0 Å². The van der Waals surface area contributed by atoms with Gasteiger partial charge in [0.2, 0.25) is 0 Å². The molecule has 0 unspecified atom stereocenters. The summed E-state index contributed by atoms with van der Waals surface area (Å²) in [7, 11) is 0. The molecule has 5 aromatic rings. The number of halogens is 1. The molecule has 27 heavy (non-hydrogen) atoms. The van der Waals surface area contributed by atoms with E-state index in [2.05, 4.69) is 47.4 Å². The van der Waals surface area contributed by atoms with Crippen LogP contribution in [0.3, 0.4) is 0 Å². The van der Waals surface area contributed by atoms with Crippen molar-refractivity contribution in [3.05, 3.63) is 102 Å². The number of hydrogen-bond donors (Lipinski definition) is 0. The Morgan fingerprint density at radius 3 is 1.93 bits per heavy atom. The number of anilines is 3. The first-order valence-electron chi connectivity index (χ1n) is 8.83. The number of para-hydroxylation sites is 3. The second kappa shape index (κ2) is 6.49. The lowest BCUT2D eigenvalue weighted by atomic mass is 10.1. The number of benzene rings is 4. The number of fused-ring (bicyclic) bond motifs is 3. The fourth-order valence-corrected chi connectivity index (χ4v) is 3.81. The van der Waals surface area contributed by atoms with E-state index in [1.807, 2.05) is 54.6 Å². The molecule has 0 bridgehead atoms. The van der Waals surface area contributed by atoms with Gasteiger partial charge in [0.25, 0.3) is 0 Å². The van der Waals surface area contributed by atoms with Crippen LogP contribution in [0.1, 0.15) is 0 Å². The second-order valence-electron chi connectivity index (χ2n) is 6.38. The average molecular weight is 370 g/mol. The molecule has 130 valence electrons. The smallest absolute Gasteiger partial charge is 0.159 e. The lowest BCUT2D eigenvalue weighted by Crippen LogP contribution is -2.09. The zero-order valence-corrected chi connectivity index (χ0v) is 15.2. The Labute approximate surface area is 162 Å². The first-order chi connectivity index (χ1) is 13.3. The molecule has 2 nitrogen and oxygen atoms in total. The van der Waals surface area contributed by atoms with Gasteiger partial charge in [0.05, 0.1) is 10.7 Å². The summed E-state index contributed by atoms with van der Waals surface area (Å²) in [6.07, 6.45) is 0. The van der Waals surface area contributed by atoms with Gasteiger partial charge in [-0.3, -0.25) is 0 Å². The minimum Gasteiger partial charge on any atom is -0.454 e. The Hall–Kier alpha value is -3.23. The van der Waals surface area contributed by atoms with Gasteiger partial charge in [-0.2, -0.15) is 0 Å². The number of hydrogen-bond acceptors (Lipinski definition) is 2. The third kappa shape index (κ3) is 2.66. The number of nitrogens with zero attached hydrogens (tertiary/aromatic N) is 1. The summed E-state index contributed by atoms with van der Waals surface area (Å²) >= 11 is 6.47. The predicted molar refractivity (Wildman–Crippen MR) is 113 cm³/mol. The molecule has 1 heterocycles. The maximum absolute atomic E-state index is 6.47. The highest BCUT2D eigenvalue weighted by Gasteiger charge is 2.19. The zero-order valence-electron chi connectivity index (χ0n) is 14.5. The summed E-state index contributed by atoms with van der Waals surface area (Å²) in [6.45, 7) is 0. The minimum absolute atomic E-state index is 0.703. The fourth-order valence-electron chi connectivity index (χ4n) is 3.55. The van der Waals surface area contributed by atoms with Crippen molar-refractivity contribution in [2.75, 3.05) is 4.90 Å². The van der Waals surface area contributed by atoms with Crippen LogP contribution in [0.5, 0.6) is 0 Å². The molecule has 0 aliphatic rings. The normalized spacial score (nSPS) is 11.1. The van der Waals surface area contributed by atoms with Crippen LogP contribution in [0.2, 0.25) is 5.02 Å². The van der Waals surface area contributed by atoms with Crippen LogP contribution in [0, 0.1) is 0 Å². The van der Waals surface area contributed by atoms with Gasteiger partial charge in [0.15, 0.2) is 5.58 Å². The van der Waals surface area contributed by atoms with Crippen LogP contribution in [0.15, 0.2) is 101 Å². The Balaban J connectivity index is 1.84. The molecule has 3 heteroatoms. The third-order valence-corrected chi connectivity index (χ3v) is 5.04. The molecule has 5 rings (SSSR count). The molecular weight excluding hydrogens is 354 g/mol. The van der Waals surface area contributed by atoms with Crippen molar-refractivity contribution in [1.29, 1.82) is 0 Å². The van der Waals surface area contributed by atoms with Crippen molar-refractivity contribution >= 4 is 50.6 Å². The van der Waals surface area contributed by atoms with Crippen LogP contribution in [-0.2, 0) is 0 Å². The van der Waals surface area contributed by atoms with Crippen LogP contribution in [-0.4, -0.2) is 0 Å². The van der Waals surface area contributed by atoms with Gasteiger partial charge in [-0.15, -0.1) is 0 Å². The van der Waals surface area contributed by atoms with Gasteiger partial charge in [0, 0.05) is 22.1 Å². The van der Waals surface area contributed by atoms with E-state index in [0.717, 1.165) is 39.0 Å². The highest BCUT2D eigenvalue weighted by atomic mass is 35.5. The Bertz CT molecular complexity index is 1190. The van der Waals surface area contributed by atoms with Crippen LogP contribution in [0.4, 0.5) is 17.1 Å². The summed E-state index contributed by atoms with van der Waals surface area (Å²) in [5.41, 5.74) is 4.75. The molecular formula is C24H16ClNO. The van der Waals surface area contributed by atoms with E-state index < -0.39 is 0 Å². The molecule has 0 atom stereocenters. The zero-order chi connectivity index (χ0) is 18.2. The van der Waals surface area contributed by atoms with Gasteiger partial charge in [-0.05, 0) is 42.5 Å². The maximum Gasteiger partial charge on any atom is 0.159 e. The number of rotatable bonds is 3. The fraction of sp³-hybridized carbons (Fsp3) is 0. The summed E-state index contributed by atoms with van der Waals surface area (Å²) in [5.74, 6) is 0. The minimum atomic E-state index is 0.703. The Morgan fingerprint density at radius 2 is 1.26 bits per heavy atom. The monoisotopic (exact) mass is 369 g/mol. The van der Waals surface area contributed by atoms with Crippen molar-refractivity contribution in [2.45, 2.75) is 0 Å². The Kier molecular flexibility index (Phi) is 3.84. The van der Waals surface area contributed by atoms with Crippen LogP contribution in [0.25, 0.3) is 21.9 Å². The van der Waals surface area contributed by atoms with E-state index >= 15 is 0 Å². The standard InChI is InChI=1S/C24H16ClNO/c25-20-14-8-16-22-23(20)19-13-7-15-21(24(19)27-22)26(17-9-3-1-4-10-17)18-11-5-2-6-12-18/h1-16H. The molecule has 0 amide bonds. The van der Waals surface area contributed by atoms with Crippen LogP contribution < -0.4 is 4.90 Å². The Morgan fingerprint density at radius 1 is 0.630 bits per heavy atom. The summed E-state index contributed by atoms with van der Waals surface area (Å²) in [6, 6.07) is 32.6. The summed E-state index contributed by atoms with van der Waals surface area (Å²) < 4.78 is 6.26. The van der Waals surface area contributed by atoms with E-state index in [0.29, 0.717) is 5.02 Å². The predicted octanol–water partition coefficient (Wildman–Crippen LogP) is 7.71. The van der Waals surface area contributed by atoms with Gasteiger partial charge in [-0.1, -0.05) is 66.2 Å².